The number of ether oxygens (including phenoxy) is 1. The van der Waals surface area contributed by atoms with E-state index in [1.54, 1.807) is 13.3 Å². The van der Waals surface area contributed by atoms with Gasteiger partial charge in [-0.15, -0.1) is 0 Å². The number of thiazole rings is 1. The van der Waals surface area contributed by atoms with Gasteiger partial charge in [0.1, 0.15) is 5.75 Å². The van der Waals surface area contributed by atoms with E-state index in [9.17, 15) is 4.79 Å². The number of aromatic nitrogens is 1. The quantitative estimate of drug-likeness (QED) is 0.826. The van der Waals surface area contributed by atoms with Gasteiger partial charge in [0.05, 0.1) is 18.2 Å². The van der Waals surface area contributed by atoms with Gasteiger partial charge < -0.3 is 10.1 Å². The molecule has 0 unspecified atom stereocenters. The number of methoxy groups -OCH3 is 1. The van der Waals surface area contributed by atoms with Crippen LogP contribution in [0.1, 0.15) is 15.2 Å². The standard InChI is InChI=1S/C12H12N2O2S/c1-16-10-4-2-9(3-5-10)6-13-12-14-7-11(8-15)17-12/h2-5,7-8H,6H2,1H3,(H,13,14). The summed E-state index contributed by atoms with van der Waals surface area (Å²) in [4.78, 5) is 15.2. The summed E-state index contributed by atoms with van der Waals surface area (Å²) < 4.78 is 5.08. The van der Waals surface area contributed by atoms with Gasteiger partial charge in [0.2, 0.25) is 0 Å². The SMILES string of the molecule is COc1ccc(CNc2ncc(C=O)s2)cc1. The molecule has 0 saturated carbocycles. The second kappa shape index (κ2) is 5.45. The van der Waals surface area contributed by atoms with Crippen molar-refractivity contribution in [2.45, 2.75) is 6.54 Å². The van der Waals surface area contributed by atoms with E-state index in [0.29, 0.717) is 11.4 Å². The summed E-state index contributed by atoms with van der Waals surface area (Å²) in [5, 5.41) is 3.91. The second-order valence-corrected chi connectivity index (χ2v) is 4.45. The van der Waals surface area contributed by atoms with Crippen molar-refractivity contribution in [3.63, 3.8) is 0 Å². The van der Waals surface area contributed by atoms with Gasteiger partial charge in [-0.25, -0.2) is 4.98 Å². The van der Waals surface area contributed by atoms with Gasteiger partial charge in [0.15, 0.2) is 11.4 Å². The fraction of sp³-hybridized carbons (Fsp3) is 0.167. The first-order valence-electron chi connectivity index (χ1n) is 5.09. The van der Waals surface area contributed by atoms with E-state index in [0.717, 1.165) is 22.7 Å². The molecule has 1 N–H and O–H groups in total. The van der Waals surface area contributed by atoms with E-state index < -0.39 is 0 Å². The van der Waals surface area contributed by atoms with Crippen LogP contribution in [0.2, 0.25) is 0 Å². The number of hydrogen-bond donors (Lipinski definition) is 1. The van der Waals surface area contributed by atoms with E-state index in [1.165, 1.54) is 11.3 Å². The van der Waals surface area contributed by atoms with Gasteiger partial charge in [-0.3, -0.25) is 4.79 Å². The molecule has 4 nitrogen and oxygen atoms in total. The zero-order chi connectivity index (χ0) is 12.1. The van der Waals surface area contributed by atoms with Crippen molar-refractivity contribution < 1.29 is 9.53 Å². The molecule has 2 rings (SSSR count). The van der Waals surface area contributed by atoms with E-state index in [1.807, 2.05) is 24.3 Å². The largest absolute Gasteiger partial charge is 0.497 e. The molecule has 5 heteroatoms. The van der Waals surface area contributed by atoms with Crippen LogP contribution in [0.3, 0.4) is 0 Å². The van der Waals surface area contributed by atoms with Crippen LogP contribution in [-0.2, 0) is 6.54 Å². The van der Waals surface area contributed by atoms with Crippen molar-refractivity contribution in [3.05, 3.63) is 40.9 Å². The second-order valence-electron chi connectivity index (χ2n) is 3.39. The molecule has 1 aromatic carbocycles. The Kier molecular flexibility index (Phi) is 3.72. The molecular formula is C12H12N2O2S. The first-order chi connectivity index (χ1) is 8.31. The summed E-state index contributed by atoms with van der Waals surface area (Å²) in [6, 6.07) is 7.80. The Labute approximate surface area is 103 Å². The van der Waals surface area contributed by atoms with E-state index in [4.69, 9.17) is 4.74 Å². The van der Waals surface area contributed by atoms with E-state index in [-0.39, 0.29) is 0 Å². The Balaban J connectivity index is 1.94. The predicted molar refractivity (Wildman–Crippen MR) is 67.8 cm³/mol. The van der Waals surface area contributed by atoms with Crippen molar-refractivity contribution >= 4 is 22.8 Å². The van der Waals surface area contributed by atoms with Crippen LogP contribution in [0.15, 0.2) is 30.5 Å². The van der Waals surface area contributed by atoms with Gasteiger partial charge in [0.25, 0.3) is 0 Å². The summed E-state index contributed by atoms with van der Waals surface area (Å²) >= 11 is 1.34. The highest BCUT2D eigenvalue weighted by molar-refractivity contribution is 7.17. The normalized spacial score (nSPS) is 9.94. The minimum absolute atomic E-state index is 0.627. The lowest BCUT2D eigenvalue weighted by atomic mass is 10.2. The van der Waals surface area contributed by atoms with Gasteiger partial charge >= 0.3 is 0 Å². The number of rotatable bonds is 5. The Morgan fingerprint density at radius 3 is 2.76 bits per heavy atom. The highest BCUT2D eigenvalue weighted by Crippen LogP contribution is 2.17. The van der Waals surface area contributed by atoms with Crippen molar-refractivity contribution in [2.75, 3.05) is 12.4 Å². The van der Waals surface area contributed by atoms with Crippen LogP contribution in [0.4, 0.5) is 5.13 Å². The fourth-order valence-corrected chi connectivity index (χ4v) is 1.97. The lowest BCUT2D eigenvalue weighted by Crippen LogP contribution is -1.98. The third kappa shape index (κ3) is 3.04. The van der Waals surface area contributed by atoms with Gasteiger partial charge in [-0.2, -0.15) is 0 Å². The highest BCUT2D eigenvalue weighted by Gasteiger charge is 2.00. The molecule has 0 radical (unpaired) electrons. The van der Waals surface area contributed by atoms with Crippen molar-refractivity contribution in [2.24, 2.45) is 0 Å². The maximum atomic E-state index is 10.5. The Morgan fingerprint density at radius 1 is 1.41 bits per heavy atom. The van der Waals surface area contributed by atoms with Crippen LogP contribution in [0.25, 0.3) is 0 Å². The molecule has 0 bridgehead atoms. The number of anilines is 1. The minimum Gasteiger partial charge on any atom is -0.497 e. The van der Waals surface area contributed by atoms with Gasteiger partial charge in [0, 0.05) is 6.54 Å². The molecule has 0 aliphatic carbocycles. The van der Waals surface area contributed by atoms with Crippen molar-refractivity contribution in [3.8, 4) is 5.75 Å². The summed E-state index contributed by atoms with van der Waals surface area (Å²) in [5.41, 5.74) is 1.13. The zero-order valence-corrected chi connectivity index (χ0v) is 10.2. The van der Waals surface area contributed by atoms with Crippen LogP contribution in [0, 0.1) is 0 Å². The first kappa shape index (κ1) is 11.6. The maximum Gasteiger partial charge on any atom is 0.183 e. The average molecular weight is 248 g/mol. The molecule has 0 atom stereocenters. The first-order valence-corrected chi connectivity index (χ1v) is 5.91. The minimum atomic E-state index is 0.627. The molecule has 17 heavy (non-hydrogen) atoms. The Bertz CT molecular complexity index is 493. The highest BCUT2D eigenvalue weighted by atomic mass is 32.1. The number of nitrogens with zero attached hydrogens (tertiary/aromatic N) is 1. The summed E-state index contributed by atoms with van der Waals surface area (Å²) in [5.74, 6) is 0.839. The van der Waals surface area contributed by atoms with E-state index in [2.05, 4.69) is 10.3 Å². The van der Waals surface area contributed by atoms with Crippen LogP contribution < -0.4 is 10.1 Å². The van der Waals surface area contributed by atoms with Crippen molar-refractivity contribution in [1.82, 2.24) is 4.98 Å². The van der Waals surface area contributed by atoms with Crippen LogP contribution >= 0.6 is 11.3 Å². The number of nitrogens with one attached hydrogen (secondary N) is 1. The molecule has 0 aliphatic heterocycles. The molecule has 0 fully saturated rings. The zero-order valence-electron chi connectivity index (χ0n) is 9.34. The summed E-state index contributed by atoms with van der Waals surface area (Å²) in [6.45, 7) is 0.676. The summed E-state index contributed by atoms with van der Waals surface area (Å²) in [6.07, 6.45) is 2.37. The number of aldehydes is 1. The molecule has 1 aromatic heterocycles. The molecule has 0 saturated heterocycles. The number of carbonyl (C=O) groups is 1. The number of carbonyl (C=O) groups excluding carboxylic acids is 1. The average Bonchev–Trinajstić information content (AvgIpc) is 2.85. The number of hydrogen-bond acceptors (Lipinski definition) is 5. The predicted octanol–water partition coefficient (Wildman–Crippen LogP) is 2.58. The maximum absolute atomic E-state index is 10.5. The molecule has 0 spiro atoms. The monoisotopic (exact) mass is 248 g/mol. The Morgan fingerprint density at radius 2 is 2.18 bits per heavy atom. The Hall–Kier alpha value is -1.88. The third-order valence-corrected chi connectivity index (χ3v) is 3.12. The molecular weight excluding hydrogens is 236 g/mol. The van der Waals surface area contributed by atoms with Gasteiger partial charge in [-0.1, -0.05) is 23.5 Å². The fourth-order valence-electron chi connectivity index (χ4n) is 1.34. The van der Waals surface area contributed by atoms with E-state index >= 15 is 0 Å². The molecule has 2 aromatic rings. The van der Waals surface area contributed by atoms with Crippen molar-refractivity contribution in [1.29, 1.82) is 0 Å². The molecule has 1 heterocycles. The topological polar surface area (TPSA) is 51.2 Å². The third-order valence-electron chi connectivity index (χ3n) is 2.24. The van der Waals surface area contributed by atoms with Crippen LogP contribution in [0.5, 0.6) is 5.75 Å². The smallest absolute Gasteiger partial charge is 0.183 e. The molecule has 88 valence electrons. The van der Waals surface area contributed by atoms with Gasteiger partial charge in [-0.05, 0) is 17.7 Å². The lowest BCUT2D eigenvalue weighted by molar-refractivity contribution is 0.112. The molecule has 0 amide bonds. The molecule has 0 aliphatic rings. The lowest BCUT2D eigenvalue weighted by Gasteiger charge is -2.04. The number of benzene rings is 1. The van der Waals surface area contributed by atoms with Crippen LogP contribution in [-0.4, -0.2) is 18.4 Å². The summed E-state index contributed by atoms with van der Waals surface area (Å²) in [7, 11) is 1.64.